The molecule has 2 aliphatic rings. The van der Waals surface area contributed by atoms with Gasteiger partial charge in [0.1, 0.15) is 23.5 Å². The van der Waals surface area contributed by atoms with Crippen molar-refractivity contribution < 1.29 is 9.18 Å². The summed E-state index contributed by atoms with van der Waals surface area (Å²) < 4.78 is 15.0. The number of rotatable bonds is 7. The fourth-order valence-electron chi connectivity index (χ4n) is 4.28. The van der Waals surface area contributed by atoms with Gasteiger partial charge in [-0.15, -0.1) is 0 Å². The number of halogens is 1. The highest BCUT2D eigenvalue weighted by Gasteiger charge is 2.33. The van der Waals surface area contributed by atoms with Crippen molar-refractivity contribution in [3.05, 3.63) is 84.2 Å². The van der Waals surface area contributed by atoms with E-state index in [9.17, 15) is 4.79 Å². The average molecular weight is 454 g/mol. The Bertz CT molecular complexity index is 1370. The molecule has 2 heterocycles. The van der Waals surface area contributed by atoms with Gasteiger partial charge < -0.3 is 10.2 Å². The Morgan fingerprint density at radius 3 is 2.68 bits per heavy atom. The summed E-state index contributed by atoms with van der Waals surface area (Å²) in [6, 6.07) is 15.7. The predicted octanol–water partition coefficient (Wildman–Crippen LogP) is 5.21. The molecule has 2 aromatic heterocycles. The zero-order chi connectivity index (χ0) is 23.1. The Morgan fingerprint density at radius 2 is 1.91 bits per heavy atom. The van der Waals surface area contributed by atoms with E-state index in [0.717, 1.165) is 42.4 Å². The molecular formula is C27H24FN5O. The summed E-state index contributed by atoms with van der Waals surface area (Å²) in [5, 5.41) is 4.06. The molecule has 6 nitrogen and oxygen atoms in total. The first-order valence-electron chi connectivity index (χ1n) is 11.7. The van der Waals surface area contributed by atoms with Crippen LogP contribution in [-0.2, 0) is 6.54 Å². The van der Waals surface area contributed by atoms with E-state index in [1.54, 1.807) is 24.5 Å². The lowest BCUT2D eigenvalue weighted by molar-refractivity contribution is 0.0729. The van der Waals surface area contributed by atoms with Crippen molar-refractivity contribution in [1.29, 1.82) is 0 Å². The summed E-state index contributed by atoms with van der Waals surface area (Å²) in [7, 11) is 0. The molecule has 1 amide bonds. The van der Waals surface area contributed by atoms with Crippen molar-refractivity contribution >= 4 is 22.6 Å². The number of pyridine rings is 1. The second kappa shape index (κ2) is 8.48. The summed E-state index contributed by atoms with van der Waals surface area (Å²) in [5.74, 6) is 0.294. The zero-order valence-corrected chi connectivity index (χ0v) is 18.6. The maximum absolute atomic E-state index is 15.0. The highest BCUT2D eigenvalue weighted by molar-refractivity contribution is 5.94. The van der Waals surface area contributed by atoms with Crippen LogP contribution in [0, 0.1) is 5.82 Å². The molecule has 34 heavy (non-hydrogen) atoms. The molecule has 2 aliphatic carbocycles. The third-order valence-corrected chi connectivity index (χ3v) is 6.38. The summed E-state index contributed by atoms with van der Waals surface area (Å²) in [6.45, 7) is 0.500. The van der Waals surface area contributed by atoms with Crippen molar-refractivity contribution in [2.45, 2.75) is 44.3 Å². The molecule has 2 saturated carbocycles. The quantitative estimate of drug-likeness (QED) is 0.416. The van der Waals surface area contributed by atoms with E-state index in [0.29, 0.717) is 34.9 Å². The van der Waals surface area contributed by atoms with E-state index in [1.807, 2.05) is 35.2 Å². The van der Waals surface area contributed by atoms with Crippen molar-refractivity contribution in [3.63, 3.8) is 0 Å². The van der Waals surface area contributed by atoms with Gasteiger partial charge in [0.05, 0.1) is 5.56 Å². The van der Waals surface area contributed by atoms with Gasteiger partial charge in [-0.05, 0) is 72.7 Å². The SMILES string of the molecule is O=C(c1cccnc1)N(Cc1cccc(-c2cc(F)c3ncnc(NC4CC4)c3c2)c1)C1CC1. The fraction of sp³-hybridized carbons (Fsp3) is 0.259. The highest BCUT2D eigenvalue weighted by atomic mass is 19.1. The molecule has 2 fully saturated rings. The second-order valence-electron chi connectivity index (χ2n) is 9.10. The minimum Gasteiger partial charge on any atom is -0.367 e. The average Bonchev–Trinajstić information content (AvgIpc) is 3.79. The summed E-state index contributed by atoms with van der Waals surface area (Å²) in [4.78, 5) is 27.7. The van der Waals surface area contributed by atoms with E-state index in [1.165, 1.54) is 12.4 Å². The second-order valence-corrected chi connectivity index (χ2v) is 9.10. The fourth-order valence-corrected chi connectivity index (χ4v) is 4.28. The Hall–Kier alpha value is -3.87. The van der Waals surface area contributed by atoms with Crippen LogP contribution in [0.1, 0.15) is 41.6 Å². The zero-order valence-electron chi connectivity index (χ0n) is 18.6. The van der Waals surface area contributed by atoms with Crippen LogP contribution in [0.15, 0.2) is 67.3 Å². The molecule has 4 aromatic rings. The number of hydrogen-bond donors (Lipinski definition) is 1. The molecule has 0 unspecified atom stereocenters. The standard InChI is InChI=1S/C27H24FN5O/c28-24-13-20(12-23-25(24)30-16-31-26(23)32-21-6-7-21)18-4-1-3-17(11-18)15-33(22-8-9-22)27(34)19-5-2-10-29-14-19/h1-5,10-14,16,21-22H,6-9,15H2,(H,30,31,32). The first-order valence-corrected chi connectivity index (χ1v) is 11.7. The van der Waals surface area contributed by atoms with Crippen LogP contribution in [0.2, 0.25) is 0 Å². The molecule has 2 aromatic carbocycles. The third kappa shape index (κ3) is 4.21. The molecule has 0 spiro atoms. The number of aromatic nitrogens is 3. The number of carbonyl (C=O) groups is 1. The number of nitrogens with one attached hydrogen (secondary N) is 1. The number of anilines is 1. The molecule has 0 bridgehead atoms. The van der Waals surface area contributed by atoms with E-state index < -0.39 is 0 Å². The minimum absolute atomic E-state index is 0.00862. The Morgan fingerprint density at radius 1 is 1.03 bits per heavy atom. The van der Waals surface area contributed by atoms with Crippen molar-refractivity contribution in [3.8, 4) is 11.1 Å². The number of fused-ring (bicyclic) bond motifs is 1. The van der Waals surface area contributed by atoms with Gasteiger partial charge >= 0.3 is 0 Å². The number of amides is 1. The lowest BCUT2D eigenvalue weighted by Crippen LogP contribution is -2.32. The molecule has 0 aliphatic heterocycles. The van der Waals surface area contributed by atoms with E-state index in [-0.39, 0.29) is 17.8 Å². The minimum atomic E-state index is -0.370. The monoisotopic (exact) mass is 453 g/mol. The topological polar surface area (TPSA) is 71.0 Å². The van der Waals surface area contributed by atoms with E-state index in [4.69, 9.17) is 0 Å². The van der Waals surface area contributed by atoms with Crippen LogP contribution >= 0.6 is 0 Å². The summed E-state index contributed by atoms with van der Waals surface area (Å²) in [6.07, 6.45) is 8.91. The van der Waals surface area contributed by atoms with Crippen LogP contribution in [0.4, 0.5) is 10.2 Å². The first-order chi connectivity index (χ1) is 16.7. The van der Waals surface area contributed by atoms with E-state index >= 15 is 4.39 Å². The molecular weight excluding hydrogens is 429 g/mol. The number of hydrogen-bond acceptors (Lipinski definition) is 5. The maximum Gasteiger partial charge on any atom is 0.255 e. The lowest BCUT2D eigenvalue weighted by Gasteiger charge is -2.23. The van der Waals surface area contributed by atoms with Crippen LogP contribution in [-0.4, -0.2) is 37.8 Å². The number of benzene rings is 2. The lowest BCUT2D eigenvalue weighted by atomic mass is 10.0. The van der Waals surface area contributed by atoms with Crippen molar-refractivity contribution in [2.24, 2.45) is 0 Å². The molecule has 170 valence electrons. The van der Waals surface area contributed by atoms with Crippen LogP contribution < -0.4 is 5.32 Å². The Balaban J connectivity index is 1.32. The summed E-state index contributed by atoms with van der Waals surface area (Å²) >= 11 is 0. The van der Waals surface area contributed by atoms with Gasteiger partial charge in [0.25, 0.3) is 5.91 Å². The van der Waals surface area contributed by atoms with Gasteiger partial charge in [0.2, 0.25) is 0 Å². The molecule has 0 radical (unpaired) electrons. The smallest absolute Gasteiger partial charge is 0.255 e. The van der Waals surface area contributed by atoms with Gasteiger partial charge in [0.15, 0.2) is 0 Å². The van der Waals surface area contributed by atoms with Crippen molar-refractivity contribution in [1.82, 2.24) is 19.9 Å². The molecule has 0 atom stereocenters. The molecule has 0 saturated heterocycles. The predicted molar refractivity (Wildman–Crippen MR) is 129 cm³/mol. The molecule has 6 rings (SSSR count). The first kappa shape index (κ1) is 20.7. The van der Waals surface area contributed by atoms with Crippen molar-refractivity contribution in [2.75, 3.05) is 5.32 Å². The number of nitrogens with zero attached hydrogens (tertiary/aromatic N) is 4. The van der Waals surface area contributed by atoms with E-state index in [2.05, 4.69) is 20.3 Å². The number of carbonyl (C=O) groups excluding carboxylic acids is 1. The third-order valence-electron chi connectivity index (χ3n) is 6.38. The van der Waals surface area contributed by atoms with Crippen LogP contribution in [0.25, 0.3) is 22.0 Å². The Labute approximate surface area is 196 Å². The van der Waals surface area contributed by atoms with Gasteiger partial charge in [-0.25, -0.2) is 14.4 Å². The van der Waals surface area contributed by atoms with Crippen LogP contribution in [0.5, 0.6) is 0 Å². The normalized spacial score (nSPS) is 15.3. The van der Waals surface area contributed by atoms with Gasteiger partial charge in [0, 0.05) is 36.4 Å². The maximum atomic E-state index is 15.0. The Kier molecular flexibility index (Phi) is 5.17. The van der Waals surface area contributed by atoms with Gasteiger partial charge in [-0.1, -0.05) is 18.2 Å². The molecule has 1 N–H and O–H groups in total. The van der Waals surface area contributed by atoms with Gasteiger partial charge in [-0.3, -0.25) is 9.78 Å². The van der Waals surface area contributed by atoms with Crippen LogP contribution in [0.3, 0.4) is 0 Å². The van der Waals surface area contributed by atoms with Gasteiger partial charge in [-0.2, -0.15) is 0 Å². The highest BCUT2D eigenvalue weighted by Crippen LogP contribution is 2.33. The summed E-state index contributed by atoms with van der Waals surface area (Å²) in [5.41, 5.74) is 3.57. The molecule has 7 heteroatoms. The largest absolute Gasteiger partial charge is 0.367 e.